The van der Waals surface area contributed by atoms with Crippen LogP contribution >= 0.6 is 11.6 Å². The maximum atomic E-state index is 12.3. The van der Waals surface area contributed by atoms with E-state index in [4.69, 9.17) is 16.3 Å². The van der Waals surface area contributed by atoms with Crippen LogP contribution in [0.1, 0.15) is 65.4 Å². The molecule has 36 heavy (non-hydrogen) atoms. The fourth-order valence-electron chi connectivity index (χ4n) is 3.21. The highest BCUT2D eigenvalue weighted by Crippen LogP contribution is 2.28. The summed E-state index contributed by atoms with van der Waals surface area (Å²) in [4.78, 5) is 37.5. The average Bonchev–Trinajstić information content (AvgIpc) is 3.28. The first-order valence-corrected chi connectivity index (χ1v) is 11.8. The fraction of sp³-hybridized carbons (Fsp3) is 0.417. The summed E-state index contributed by atoms with van der Waals surface area (Å²) in [5.74, 6) is 0.149. The molecule has 0 bridgehead atoms. The van der Waals surface area contributed by atoms with Crippen molar-refractivity contribution in [3.05, 3.63) is 59.4 Å². The summed E-state index contributed by atoms with van der Waals surface area (Å²) >= 11 is 6.30. The molecule has 3 aromatic heterocycles. The minimum atomic E-state index is -0.827. The van der Waals surface area contributed by atoms with Crippen molar-refractivity contribution in [2.45, 2.75) is 65.3 Å². The Morgan fingerprint density at radius 3 is 2.39 bits per heavy atom. The Balaban J connectivity index is 1.76. The standard InChI is InChI=1S/C24H31ClN8O3/c1-7-18(34)30-20(31-22(35)36-23(2,3)4)15-11-29-33(14-15)16-12-27-21(28-13-16)32-24(5,6)19-17(25)9-8-10-26-19/h8-14,20H,7H2,1-6H3,(H,30,34)(H,31,35)(H,27,28,32). The first kappa shape index (κ1) is 26.9. The summed E-state index contributed by atoms with van der Waals surface area (Å²) in [6, 6.07) is 3.55. The molecule has 2 amide bonds. The van der Waals surface area contributed by atoms with Crippen molar-refractivity contribution >= 4 is 29.5 Å². The van der Waals surface area contributed by atoms with E-state index in [1.54, 1.807) is 69.3 Å². The zero-order valence-electron chi connectivity index (χ0n) is 21.2. The van der Waals surface area contributed by atoms with Crippen LogP contribution < -0.4 is 16.0 Å². The maximum absolute atomic E-state index is 12.3. The molecule has 1 unspecified atom stereocenters. The van der Waals surface area contributed by atoms with Crippen LogP contribution in [-0.2, 0) is 15.1 Å². The molecule has 0 saturated heterocycles. The molecule has 0 fully saturated rings. The lowest BCUT2D eigenvalue weighted by Gasteiger charge is -2.26. The van der Waals surface area contributed by atoms with Gasteiger partial charge in [0.25, 0.3) is 0 Å². The Morgan fingerprint density at radius 1 is 1.08 bits per heavy atom. The minimum Gasteiger partial charge on any atom is -0.444 e. The van der Waals surface area contributed by atoms with Gasteiger partial charge in [0.1, 0.15) is 17.5 Å². The van der Waals surface area contributed by atoms with E-state index in [-0.39, 0.29) is 12.3 Å². The Bertz CT molecular complexity index is 1200. The van der Waals surface area contributed by atoms with Crippen molar-refractivity contribution in [3.63, 3.8) is 0 Å². The quantitative estimate of drug-likeness (QED) is 0.382. The number of rotatable bonds is 8. The molecule has 3 N–H and O–H groups in total. The molecular formula is C24H31ClN8O3. The van der Waals surface area contributed by atoms with Gasteiger partial charge in [-0.25, -0.2) is 19.4 Å². The van der Waals surface area contributed by atoms with Crippen molar-refractivity contribution in [1.82, 2.24) is 35.4 Å². The number of nitrogens with one attached hydrogen (secondary N) is 3. The Morgan fingerprint density at radius 2 is 1.78 bits per heavy atom. The van der Waals surface area contributed by atoms with Crippen LogP contribution in [0.4, 0.5) is 10.7 Å². The molecule has 0 spiro atoms. The normalized spacial score (nSPS) is 12.5. The number of hydrogen-bond donors (Lipinski definition) is 3. The number of ether oxygens (including phenoxy) is 1. The van der Waals surface area contributed by atoms with Gasteiger partial charge in [-0.2, -0.15) is 5.10 Å². The van der Waals surface area contributed by atoms with E-state index in [9.17, 15) is 9.59 Å². The van der Waals surface area contributed by atoms with Gasteiger partial charge in [0.2, 0.25) is 11.9 Å². The number of amides is 2. The van der Waals surface area contributed by atoms with E-state index in [0.29, 0.717) is 27.9 Å². The topological polar surface area (TPSA) is 136 Å². The smallest absolute Gasteiger partial charge is 0.409 e. The van der Waals surface area contributed by atoms with E-state index in [0.717, 1.165) is 0 Å². The van der Waals surface area contributed by atoms with Crippen molar-refractivity contribution in [2.75, 3.05) is 5.32 Å². The maximum Gasteiger partial charge on any atom is 0.409 e. The molecule has 3 aromatic rings. The van der Waals surface area contributed by atoms with Gasteiger partial charge in [-0.15, -0.1) is 0 Å². The summed E-state index contributed by atoms with van der Waals surface area (Å²) < 4.78 is 6.86. The Labute approximate surface area is 215 Å². The van der Waals surface area contributed by atoms with Gasteiger partial charge >= 0.3 is 6.09 Å². The summed E-state index contributed by atoms with van der Waals surface area (Å²) in [5.41, 5.74) is 0.510. The van der Waals surface area contributed by atoms with E-state index in [2.05, 4.69) is 36.0 Å². The monoisotopic (exact) mass is 514 g/mol. The molecular weight excluding hydrogens is 484 g/mol. The summed E-state index contributed by atoms with van der Waals surface area (Å²) in [5, 5.41) is 13.5. The molecule has 0 saturated carbocycles. The van der Waals surface area contributed by atoms with Gasteiger partial charge in [0, 0.05) is 24.4 Å². The van der Waals surface area contributed by atoms with E-state index >= 15 is 0 Å². The molecule has 0 aliphatic rings. The lowest BCUT2D eigenvalue weighted by atomic mass is 10.00. The number of aromatic nitrogens is 5. The number of anilines is 1. The van der Waals surface area contributed by atoms with Crippen LogP contribution in [0.25, 0.3) is 5.69 Å². The van der Waals surface area contributed by atoms with Gasteiger partial charge in [-0.3, -0.25) is 15.1 Å². The lowest BCUT2D eigenvalue weighted by Crippen LogP contribution is -2.43. The summed E-state index contributed by atoms with van der Waals surface area (Å²) in [6.07, 6.45) is 6.85. The van der Waals surface area contributed by atoms with Crippen LogP contribution in [0.5, 0.6) is 0 Å². The minimum absolute atomic E-state index is 0.238. The number of pyridine rings is 1. The van der Waals surface area contributed by atoms with Crippen molar-refractivity contribution < 1.29 is 14.3 Å². The molecule has 0 aliphatic carbocycles. The number of halogens is 1. The van der Waals surface area contributed by atoms with Gasteiger partial charge in [-0.05, 0) is 46.8 Å². The average molecular weight is 515 g/mol. The second-order valence-electron chi connectivity index (χ2n) is 9.57. The van der Waals surface area contributed by atoms with Crippen molar-refractivity contribution in [1.29, 1.82) is 0 Å². The van der Waals surface area contributed by atoms with Crippen molar-refractivity contribution in [3.8, 4) is 5.69 Å². The highest BCUT2D eigenvalue weighted by molar-refractivity contribution is 6.31. The van der Waals surface area contributed by atoms with Gasteiger partial charge < -0.3 is 15.4 Å². The zero-order valence-corrected chi connectivity index (χ0v) is 21.9. The van der Waals surface area contributed by atoms with Crippen LogP contribution in [0.15, 0.2) is 43.1 Å². The SMILES string of the molecule is CCC(=O)NC(NC(=O)OC(C)(C)C)c1cnn(-c2cnc(NC(C)(C)c3ncccc3Cl)nc2)c1. The summed E-state index contributed by atoms with van der Waals surface area (Å²) in [7, 11) is 0. The number of nitrogens with zero attached hydrogens (tertiary/aromatic N) is 5. The predicted octanol–water partition coefficient (Wildman–Crippen LogP) is 4.11. The molecule has 12 heteroatoms. The molecule has 192 valence electrons. The number of alkyl carbamates (subject to hydrolysis) is 1. The molecule has 3 rings (SSSR count). The largest absolute Gasteiger partial charge is 0.444 e. The van der Waals surface area contributed by atoms with Gasteiger partial charge in [0.05, 0.1) is 34.8 Å². The first-order valence-electron chi connectivity index (χ1n) is 11.4. The highest BCUT2D eigenvalue weighted by atomic mass is 35.5. The third-order valence-electron chi connectivity index (χ3n) is 4.90. The van der Waals surface area contributed by atoms with Gasteiger partial charge in [-0.1, -0.05) is 18.5 Å². The molecule has 3 heterocycles. The van der Waals surface area contributed by atoms with Crippen LogP contribution in [0.3, 0.4) is 0 Å². The Kier molecular flexibility index (Phi) is 8.13. The summed E-state index contributed by atoms with van der Waals surface area (Å²) in [6.45, 7) is 10.9. The van der Waals surface area contributed by atoms with Crippen LogP contribution in [-0.4, -0.2) is 42.3 Å². The molecule has 11 nitrogen and oxygen atoms in total. The van der Waals surface area contributed by atoms with Crippen molar-refractivity contribution in [2.24, 2.45) is 0 Å². The molecule has 0 aromatic carbocycles. The zero-order chi connectivity index (χ0) is 26.5. The third-order valence-corrected chi connectivity index (χ3v) is 5.21. The van der Waals surface area contributed by atoms with Crippen LogP contribution in [0, 0.1) is 0 Å². The number of carbonyl (C=O) groups excluding carboxylic acids is 2. The number of carbonyl (C=O) groups is 2. The second kappa shape index (κ2) is 10.9. The predicted molar refractivity (Wildman–Crippen MR) is 136 cm³/mol. The van der Waals surface area contributed by atoms with E-state index in [1.165, 1.54) is 6.20 Å². The van der Waals surface area contributed by atoms with Gasteiger partial charge in [0.15, 0.2) is 0 Å². The van der Waals surface area contributed by atoms with Crippen LogP contribution in [0.2, 0.25) is 5.02 Å². The fourth-order valence-corrected chi connectivity index (χ4v) is 3.56. The molecule has 1 atom stereocenters. The third kappa shape index (κ3) is 7.14. The molecule has 0 aliphatic heterocycles. The highest BCUT2D eigenvalue weighted by Gasteiger charge is 2.26. The van der Waals surface area contributed by atoms with E-state index < -0.39 is 23.4 Å². The molecule has 0 radical (unpaired) electrons. The number of hydrogen-bond acceptors (Lipinski definition) is 8. The second-order valence-corrected chi connectivity index (χ2v) is 9.97. The lowest BCUT2D eigenvalue weighted by molar-refractivity contribution is -0.121. The Hall–Kier alpha value is -3.73. The van der Waals surface area contributed by atoms with E-state index in [1.807, 2.05) is 13.8 Å². The first-order chi connectivity index (χ1) is 16.9.